The van der Waals surface area contributed by atoms with Crippen LogP contribution in [0.1, 0.15) is 43.5 Å². The van der Waals surface area contributed by atoms with Crippen LogP contribution < -0.4 is 14.3 Å². The summed E-state index contributed by atoms with van der Waals surface area (Å²) in [6, 6.07) is 5.89. The lowest BCUT2D eigenvalue weighted by Crippen LogP contribution is -2.32. The fourth-order valence-electron chi connectivity index (χ4n) is 3.63. The topological polar surface area (TPSA) is 133 Å². The van der Waals surface area contributed by atoms with Crippen LogP contribution in [0.4, 0.5) is 11.4 Å². The Morgan fingerprint density at radius 3 is 2.53 bits per heavy atom. The van der Waals surface area contributed by atoms with E-state index in [0.29, 0.717) is 12.8 Å². The van der Waals surface area contributed by atoms with Gasteiger partial charge in [-0.15, -0.1) is 0 Å². The van der Waals surface area contributed by atoms with Gasteiger partial charge in [-0.3, -0.25) is 9.10 Å². The Kier molecular flexibility index (Phi) is 8.03. The van der Waals surface area contributed by atoms with E-state index in [0.717, 1.165) is 18.6 Å². The molecule has 1 atom stereocenters. The van der Waals surface area contributed by atoms with E-state index in [1.54, 1.807) is 6.92 Å². The Morgan fingerprint density at radius 1 is 1.21 bits per heavy atom. The molecule has 1 unspecified atom stereocenters. The minimum Gasteiger partial charge on any atom is -0.506 e. The van der Waals surface area contributed by atoms with Gasteiger partial charge in [0.1, 0.15) is 10.6 Å². The molecular weight excluding hydrogens is 525 g/mol. The van der Waals surface area contributed by atoms with E-state index in [9.17, 15) is 26.7 Å². The van der Waals surface area contributed by atoms with Crippen LogP contribution >= 0.6 is 23.2 Å². The third-order valence-corrected chi connectivity index (χ3v) is 9.49. The molecule has 1 aliphatic heterocycles. The van der Waals surface area contributed by atoms with Crippen LogP contribution in [-0.2, 0) is 20.0 Å². The summed E-state index contributed by atoms with van der Waals surface area (Å²) >= 11 is 12.3. The second-order valence-electron chi connectivity index (χ2n) is 7.97. The predicted molar refractivity (Wildman–Crippen MR) is 133 cm³/mol. The molecule has 186 valence electrons. The summed E-state index contributed by atoms with van der Waals surface area (Å²) in [5.74, 6) is -1.10. The molecule has 1 amide bonds. The Morgan fingerprint density at radius 2 is 1.91 bits per heavy atom. The number of anilines is 2. The highest BCUT2D eigenvalue weighted by atomic mass is 35.5. The van der Waals surface area contributed by atoms with E-state index in [2.05, 4.69) is 10.0 Å². The van der Waals surface area contributed by atoms with Crippen LogP contribution in [0.3, 0.4) is 0 Å². The fourth-order valence-corrected chi connectivity index (χ4v) is 7.32. The van der Waals surface area contributed by atoms with Crippen molar-refractivity contribution in [3.05, 3.63) is 45.9 Å². The van der Waals surface area contributed by atoms with Crippen molar-refractivity contribution in [2.45, 2.75) is 44.0 Å². The van der Waals surface area contributed by atoms with Crippen molar-refractivity contribution in [3.8, 4) is 5.75 Å². The summed E-state index contributed by atoms with van der Waals surface area (Å²) < 4.78 is 53.8. The zero-order valence-electron chi connectivity index (χ0n) is 18.5. The van der Waals surface area contributed by atoms with Crippen molar-refractivity contribution in [1.29, 1.82) is 0 Å². The maximum absolute atomic E-state index is 13.0. The van der Waals surface area contributed by atoms with Crippen LogP contribution in [0.2, 0.25) is 10.0 Å². The third-order valence-electron chi connectivity index (χ3n) is 5.25. The second-order valence-corrected chi connectivity index (χ2v) is 12.5. The standard InChI is InChI=1S/C21H25Cl2N3O6S2/c1-3-5-13(2)25-34(31,32)20-11-15(16(22)12-17(20)23)21(28)24-18-10-14(6-7-19(18)27)26-8-4-9-33(26,29)30/h6-7,10-13,25,27H,3-5,8-9H2,1-2H3,(H,24,28). The maximum Gasteiger partial charge on any atom is 0.257 e. The second kappa shape index (κ2) is 10.3. The molecule has 34 heavy (non-hydrogen) atoms. The molecule has 1 fully saturated rings. The number of phenolic OH excluding ortho intramolecular Hbond substituents is 1. The van der Waals surface area contributed by atoms with Crippen LogP contribution in [0, 0.1) is 0 Å². The highest BCUT2D eigenvalue weighted by molar-refractivity contribution is 7.93. The smallest absolute Gasteiger partial charge is 0.257 e. The Labute approximate surface area is 209 Å². The average molecular weight is 550 g/mol. The van der Waals surface area contributed by atoms with Gasteiger partial charge in [0.2, 0.25) is 20.0 Å². The van der Waals surface area contributed by atoms with Gasteiger partial charge in [0.05, 0.1) is 32.7 Å². The highest BCUT2D eigenvalue weighted by Crippen LogP contribution is 2.34. The summed E-state index contributed by atoms with van der Waals surface area (Å²) in [5, 5.41) is 12.4. The van der Waals surface area contributed by atoms with Crippen LogP contribution in [0.25, 0.3) is 0 Å². The highest BCUT2D eigenvalue weighted by Gasteiger charge is 2.29. The number of phenols is 1. The molecule has 9 nitrogen and oxygen atoms in total. The van der Waals surface area contributed by atoms with E-state index in [-0.39, 0.29) is 56.0 Å². The lowest BCUT2D eigenvalue weighted by atomic mass is 10.2. The number of nitrogens with zero attached hydrogens (tertiary/aromatic N) is 1. The van der Waals surface area contributed by atoms with Gasteiger partial charge in [-0.1, -0.05) is 36.5 Å². The van der Waals surface area contributed by atoms with Crippen molar-refractivity contribution in [3.63, 3.8) is 0 Å². The van der Waals surface area contributed by atoms with E-state index >= 15 is 0 Å². The summed E-state index contributed by atoms with van der Waals surface area (Å²) in [5.41, 5.74) is 0.0353. The van der Waals surface area contributed by atoms with Gasteiger partial charge in [-0.05, 0) is 50.1 Å². The summed E-state index contributed by atoms with van der Waals surface area (Å²) in [4.78, 5) is 12.7. The van der Waals surface area contributed by atoms with Crippen LogP contribution in [-0.4, -0.2) is 46.2 Å². The number of carbonyl (C=O) groups excluding carboxylic acids is 1. The molecule has 0 aromatic heterocycles. The normalized spacial score (nSPS) is 16.4. The minimum atomic E-state index is -4.04. The van der Waals surface area contributed by atoms with Crippen molar-refractivity contribution in [1.82, 2.24) is 4.72 Å². The molecule has 3 N–H and O–H groups in total. The Bertz CT molecular complexity index is 1320. The number of halogens is 2. The van der Waals surface area contributed by atoms with Gasteiger partial charge in [-0.25, -0.2) is 21.6 Å². The lowest BCUT2D eigenvalue weighted by Gasteiger charge is -2.19. The zero-order valence-corrected chi connectivity index (χ0v) is 21.7. The van der Waals surface area contributed by atoms with Crippen LogP contribution in [0.15, 0.2) is 35.2 Å². The molecule has 2 aromatic rings. The molecule has 2 aromatic carbocycles. The van der Waals surface area contributed by atoms with Gasteiger partial charge in [0, 0.05) is 12.6 Å². The Hall–Kier alpha value is -2.05. The molecule has 0 aliphatic carbocycles. The predicted octanol–water partition coefficient (Wildman–Crippen LogP) is 3.96. The molecule has 1 heterocycles. The number of amides is 1. The number of carbonyl (C=O) groups is 1. The van der Waals surface area contributed by atoms with E-state index in [4.69, 9.17) is 23.2 Å². The quantitative estimate of drug-likeness (QED) is 0.427. The lowest BCUT2D eigenvalue weighted by molar-refractivity contribution is 0.102. The summed E-state index contributed by atoms with van der Waals surface area (Å²) in [6.45, 7) is 3.93. The zero-order chi connectivity index (χ0) is 25.3. The SMILES string of the molecule is CCCC(C)NS(=O)(=O)c1cc(C(=O)Nc2cc(N3CCCS3(=O)=O)ccc2O)c(Cl)cc1Cl. The molecule has 0 spiro atoms. The van der Waals surface area contributed by atoms with E-state index in [1.165, 1.54) is 22.5 Å². The van der Waals surface area contributed by atoms with Gasteiger partial charge < -0.3 is 10.4 Å². The number of sulfonamides is 2. The molecular formula is C21H25Cl2N3O6S2. The van der Waals surface area contributed by atoms with Gasteiger partial charge in [0.25, 0.3) is 5.91 Å². The maximum atomic E-state index is 13.0. The fraction of sp³-hybridized carbons (Fsp3) is 0.381. The molecule has 0 radical (unpaired) electrons. The molecule has 13 heteroatoms. The first-order valence-corrected chi connectivity index (χ1v) is 14.4. The van der Waals surface area contributed by atoms with Crippen molar-refractivity contribution in [2.75, 3.05) is 21.9 Å². The number of aromatic hydroxyl groups is 1. The van der Waals surface area contributed by atoms with Crippen molar-refractivity contribution >= 4 is 60.5 Å². The summed E-state index contributed by atoms with van der Waals surface area (Å²) in [7, 11) is -7.51. The van der Waals surface area contributed by atoms with Crippen molar-refractivity contribution in [2.24, 2.45) is 0 Å². The van der Waals surface area contributed by atoms with E-state index in [1.807, 2.05) is 6.92 Å². The largest absolute Gasteiger partial charge is 0.506 e. The molecule has 1 aliphatic rings. The van der Waals surface area contributed by atoms with Gasteiger partial charge in [-0.2, -0.15) is 0 Å². The van der Waals surface area contributed by atoms with Crippen LogP contribution in [0.5, 0.6) is 5.75 Å². The van der Waals surface area contributed by atoms with Gasteiger partial charge in [0.15, 0.2) is 0 Å². The number of nitrogens with one attached hydrogen (secondary N) is 2. The number of hydrogen-bond donors (Lipinski definition) is 3. The van der Waals surface area contributed by atoms with Crippen molar-refractivity contribution < 1.29 is 26.7 Å². The average Bonchev–Trinajstić information content (AvgIpc) is 3.08. The van der Waals surface area contributed by atoms with Gasteiger partial charge >= 0.3 is 0 Å². The third kappa shape index (κ3) is 5.77. The first kappa shape index (κ1) is 26.6. The molecule has 0 saturated carbocycles. The molecule has 1 saturated heterocycles. The minimum absolute atomic E-state index is 0.0120. The number of benzene rings is 2. The monoisotopic (exact) mass is 549 g/mol. The number of hydrogen-bond acceptors (Lipinski definition) is 6. The summed E-state index contributed by atoms with van der Waals surface area (Å²) in [6.07, 6.45) is 1.85. The Balaban J connectivity index is 1.92. The molecule has 3 rings (SSSR count). The first-order chi connectivity index (χ1) is 15.9. The van der Waals surface area contributed by atoms with E-state index < -0.39 is 26.0 Å². The number of rotatable bonds is 8. The molecule has 0 bridgehead atoms. The first-order valence-electron chi connectivity index (χ1n) is 10.5.